The molecule has 0 aliphatic heterocycles. The molecule has 2 amide bonds. The van der Waals surface area contributed by atoms with Crippen LogP contribution in [0, 0.1) is 17.4 Å². The van der Waals surface area contributed by atoms with Gasteiger partial charge in [0.05, 0.1) is 16.2 Å². The number of rotatable bonds is 4. The van der Waals surface area contributed by atoms with E-state index < -0.39 is 5.91 Å². The maximum atomic E-state index is 12.3. The number of thiocarbonyl (C=S) groups is 1. The number of hydrogen-bond donors (Lipinski definition) is 3. The SMILES string of the molecule is COc1ccc(C(=O)NC(=S)Nc2sc(C)c(C)c2C(N)=O)cc1I. The summed E-state index contributed by atoms with van der Waals surface area (Å²) in [4.78, 5) is 24.9. The molecule has 0 bridgehead atoms. The zero-order valence-corrected chi connectivity index (χ0v) is 17.5. The van der Waals surface area contributed by atoms with Crippen molar-refractivity contribution in [1.82, 2.24) is 5.32 Å². The van der Waals surface area contributed by atoms with Gasteiger partial charge in [0.15, 0.2) is 5.11 Å². The van der Waals surface area contributed by atoms with Crippen molar-refractivity contribution in [2.75, 3.05) is 12.4 Å². The number of nitrogens with one attached hydrogen (secondary N) is 2. The van der Waals surface area contributed by atoms with E-state index in [1.54, 1.807) is 25.3 Å². The highest BCUT2D eigenvalue weighted by Crippen LogP contribution is 2.32. The van der Waals surface area contributed by atoms with Gasteiger partial charge in [0.1, 0.15) is 10.8 Å². The van der Waals surface area contributed by atoms with Crippen molar-refractivity contribution in [3.63, 3.8) is 0 Å². The summed E-state index contributed by atoms with van der Waals surface area (Å²) in [5, 5.41) is 6.10. The number of halogens is 1. The summed E-state index contributed by atoms with van der Waals surface area (Å²) in [7, 11) is 1.57. The van der Waals surface area contributed by atoms with E-state index in [4.69, 9.17) is 22.7 Å². The molecule has 0 aliphatic carbocycles. The third kappa shape index (κ3) is 4.47. The van der Waals surface area contributed by atoms with Gasteiger partial charge < -0.3 is 15.8 Å². The van der Waals surface area contributed by atoms with Gasteiger partial charge in [-0.1, -0.05) is 0 Å². The third-order valence-corrected chi connectivity index (χ3v) is 5.67. The fourth-order valence-electron chi connectivity index (χ4n) is 2.13. The topological polar surface area (TPSA) is 93.4 Å². The Bertz CT molecular complexity index is 865. The normalized spacial score (nSPS) is 10.2. The average molecular weight is 489 g/mol. The van der Waals surface area contributed by atoms with E-state index in [2.05, 4.69) is 33.2 Å². The Balaban J connectivity index is 2.13. The van der Waals surface area contributed by atoms with Crippen LogP contribution in [-0.2, 0) is 0 Å². The van der Waals surface area contributed by atoms with Crippen LogP contribution in [0.5, 0.6) is 5.75 Å². The van der Waals surface area contributed by atoms with Crippen LogP contribution in [0.25, 0.3) is 0 Å². The molecule has 9 heteroatoms. The van der Waals surface area contributed by atoms with Crippen molar-refractivity contribution in [3.8, 4) is 5.75 Å². The summed E-state index contributed by atoms with van der Waals surface area (Å²) >= 11 is 8.62. The molecule has 0 atom stereocenters. The molecular weight excluding hydrogens is 473 g/mol. The van der Waals surface area contributed by atoms with E-state index >= 15 is 0 Å². The number of hydrogen-bond acceptors (Lipinski definition) is 5. The molecule has 6 nitrogen and oxygen atoms in total. The minimum atomic E-state index is -0.539. The predicted molar refractivity (Wildman–Crippen MR) is 112 cm³/mol. The zero-order chi connectivity index (χ0) is 18.7. The third-order valence-electron chi connectivity index (χ3n) is 3.50. The Hall–Kier alpha value is -1.72. The van der Waals surface area contributed by atoms with Crippen LogP contribution in [0.2, 0.25) is 0 Å². The first kappa shape index (κ1) is 19.6. The van der Waals surface area contributed by atoms with Crippen molar-refractivity contribution in [2.45, 2.75) is 13.8 Å². The fourth-order valence-corrected chi connectivity index (χ4v) is 4.19. The van der Waals surface area contributed by atoms with Gasteiger partial charge in [0.25, 0.3) is 11.8 Å². The number of primary amides is 1. The van der Waals surface area contributed by atoms with Gasteiger partial charge in [-0.15, -0.1) is 11.3 Å². The molecule has 0 spiro atoms. The molecule has 1 heterocycles. The number of aryl methyl sites for hydroxylation is 1. The number of ether oxygens (including phenoxy) is 1. The Labute approximate surface area is 168 Å². The largest absolute Gasteiger partial charge is 0.496 e. The van der Waals surface area contributed by atoms with E-state index in [9.17, 15) is 9.59 Å². The lowest BCUT2D eigenvalue weighted by Crippen LogP contribution is -2.34. The minimum Gasteiger partial charge on any atom is -0.496 e. The summed E-state index contributed by atoms with van der Waals surface area (Å²) in [5.41, 5.74) is 7.06. The van der Waals surface area contributed by atoms with Gasteiger partial charge in [0.2, 0.25) is 0 Å². The summed E-state index contributed by atoms with van der Waals surface area (Å²) < 4.78 is 5.98. The second kappa shape index (κ2) is 8.11. The van der Waals surface area contributed by atoms with Crippen LogP contribution in [0.15, 0.2) is 18.2 Å². The van der Waals surface area contributed by atoms with E-state index in [-0.39, 0.29) is 11.0 Å². The summed E-state index contributed by atoms with van der Waals surface area (Å²) in [6.45, 7) is 3.70. The number of amides is 2. The number of benzene rings is 1. The van der Waals surface area contributed by atoms with E-state index in [1.165, 1.54) is 11.3 Å². The number of methoxy groups -OCH3 is 1. The maximum absolute atomic E-state index is 12.3. The number of thiophene rings is 1. The number of carbonyl (C=O) groups excluding carboxylic acids is 2. The molecular formula is C16H16IN3O3S2. The molecule has 2 rings (SSSR count). The molecule has 132 valence electrons. The second-order valence-corrected chi connectivity index (χ2v) is 7.90. The van der Waals surface area contributed by atoms with Gasteiger partial charge in [-0.25, -0.2) is 0 Å². The second-order valence-electron chi connectivity index (χ2n) is 5.11. The predicted octanol–water partition coefficient (Wildman–Crippen LogP) is 3.20. The Morgan fingerprint density at radius 1 is 1.32 bits per heavy atom. The summed E-state index contributed by atoms with van der Waals surface area (Å²) in [5.74, 6) is -0.208. The van der Waals surface area contributed by atoms with Crippen LogP contribution >= 0.6 is 46.1 Å². The highest BCUT2D eigenvalue weighted by atomic mass is 127. The van der Waals surface area contributed by atoms with Gasteiger partial charge in [-0.3, -0.25) is 14.9 Å². The lowest BCUT2D eigenvalue weighted by Gasteiger charge is -2.10. The molecule has 0 saturated carbocycles. The maximum Gasteiger partial charge on any atom is 0.257 e. The van der Waals surface area contributed by atoms with Crippen LogP contribution in [0.3, 0.4) is 0 Å². The van der Waals surface area contributed by atoms with Crippen molar-refractivity contribution in [3.05, 3.63) is 43.3 Å². The van der Waals surface area contributed by atoms with E-state index in [0.717, 1.165) is 14.0 Å². The van der Waals surface area contributed by atoms with Crippen molar-refractivity contribution < 1.29 is 14.3 Å². The minimum absolute atomic E-state index is 0.0968. The molecule has 25 heavy (non-hydrogen) atoms. The number of anilines is 1. The van der Waals surface area contributed by atoms with Crippen molar-refractivity contribution >= 4 is 68.1 Å². The average Bonchev–Trinajstić information content (AvgIpc) is 2.81. The van der Waals surface area contributed by atoms with Crippen LogP contribution in [0.1, 0.15) is 31.2 Å². The zero-order valence-electron chi connectivity index (χ0n) is 13.7. The fraction of sp³-hybridized carbons (Fsp3) is 0.188. The monoisotopic (exact) mass is 489 g/mol. The highest BCUT2D eigenvalue weighted by molar-refractivity contribution is 14.1. The standard InChI is InChI=1S/C16H16IN3O3S2/c1-7-8(2)25-15(12(7)13(18)21)20-16(24)19-14(22)9-4-5-11(23-3)10(17)6-9/h4-6H,1-3H3,(H2,18,21)(H2,19,20,22,24). The molecule has 1 aromatic heterocycles. The van der Waals surface area contributed by atoms with Crippen molar-refractivity contribution in [1.29, 1.82) is 0 Å². The first-order valence-corrected chi connectivity index (χ1v) is 9.40. The number of nitrogens with two attached hydrogens (primary N) is 1. The van der Waals surface area contributed by atoms with Crippen LogP contribution < -0.4 is 21.1 Å². The Kier molecular flexibility index (Phi) is 6.36. The molecule has 0 fully saturated rings. The molecule has 1 aromatic carbocycles. The molecule has 2 aromatic rings. The quantitative estimate of drug-likeness (QED) is 0.453. The molecule has 0 aliphatic rings. The summed E-state index contributed by atoms with van der Waals surface area (Å²) in [6.07, 6.45) is 0. The van der Waals surface area contributed by atoms with Gasteiger partial charge in [0, 0.05) is 10.4 Å². The first-order chi connectivity index (χ1) is 11.7. The van der Waals surface area contributed by atoms with Crippen molar-refractivity contribution in [2.24, 2.45) is 5.73 Å². The summed E-state index contributed by atoms with van der Waals surface area (Å²) in [6, 6.07) is 5.06. The smallest absolute Gasteiger partial charge is 0.257 e. The van der Waals surface area contributed by atoms with Gasteiger partial charge in [-0.05, 0) is 72.4 Å². The lowest BCUT2D eigenvalue weighted by molar-refractivity contribution is 0.0975. The molecule has 0 radical (unpaired) electrons. The Morgan fingerprint density at radius 3 is 2.56 bits per heavy atom. The lowest BCUT2D eigenvalue weighted by atomic mass is 10.1. The van der Waals surface area contributed by atoms with E-state index in [0.29, 0.717) is 21.9 Å². The highest BCUT2D eigenvalue weighted by Gasteiger charge is 2.19. The molecule has 4 N–H and O–H groups in total. The molecule has 0 saturated heterocycles. The first-order valence-electron chi connectivity index (χ1n) is 7.10. The van der Waals surface area contributed by atoms with Crippen LogP contribution in [-0.4, -0.2) is 24.0 Å². The number of carbonyl (C=O) groups is 2. The molecule has 0 unspecified atom stereocenters. The van der Waals surface area contributed by atoms with Gasteiger partial charge >= 0.3 is 0 Å². The van der Waals surface area contributed by atoms with Gasteiger partial charge in [-0.2, -0.15) is 0 Å². The van der Waals surface area contributed by atoms with E-state index in [1.807, 2.05) is 13.8 Å². The Morgan fingerprint density at radius 2 is 2.00 bits per heavy atom. The van der Waals surface area contributed by atoms with Crippen LogP contribution in [0.4, 0.5) is 5.00 Å².